The van der Waals surface area contributed by atoms with Crippen molar-refractivity contribution in [2.45, 2.75) is 44.5 Å². The smallest absolute Gasteiger partial charge is 0.270 e. The summed E-state index contributed by atoms with van der Waals surface area (Å²) in [6.45, 7) is 5.15. The van der Waals surface area contributed by atoms with Gasteiger partial charge in [0, 0.05) is 25.2 Å². The zero-order valence-corrected chi connectivity index (χ0v) is 15.2. The van der Waals surface area contributed by atoms with Crippen molar-refractivity contribution in [3.8, 4) is 5.75 Å². The highest BCUT2D eigenvalue weighted by Crippen LogP contribution is 2.49. The van der Waals surface area contributed by atoms with Crippen LogP contribution in [0.4, 0.5) is 0 Å². The molecule has 1 aromatic heterocycles. The van der Waals surface area contributed by atoms with E-state index in [1.165, 1.54) is 19.4 Å². The van der Waals surface area contributed by atoms with Gasteiger partial charge in [-0.1, -0.05) is 13.8 Å². The van der Waals surface area contributed by atoms with Gasteiger partial charge in [-0.05, 0) is 5.92 Å². The molecule has 4 rings (SSSR count). The highest BCUT2D eigenvalue weighted by molar-refractivity contribution is 5.94. The molecule has 0 unspecified atom stereocenters. The van der Waals surface area contributed by atoms with Crippen molar-refractivity contribution in [3.05, 3.63) is 28.2 Å². The second kappa shape index (κ2) is 5.84. The minimum atomic E-state index is -0.714. The molecule has 2 amide bonds. The standard InChI is InChI=1S/C18H23N3O5/c1-10(2)12-9-26-18-4-5-20(15(18)7-16(23)21(12)18)17(24)11-6-13(22)14(25-3)8-19-11/h6,8,10,12,15H,4-5,7,9H2,1-3H3,(H,19,22)/t12-,15+,18-/m0/s1. The summed E-state index contributed by atoms with van der Waals surface area (Å²) in [7, 11) is 1.40. The minimum absolute atomic E-state index is 0.0342. The maximum Gasteiger partial charge on any atom is 0.270 e. The van der Waals surface area contributed by atoms with Crippen molar-refractivity contribution in [1.82, 2.24) is 14.8 Å². The van der Waals surface area contributed by atoms with Crippen LogP contribution >= 0.6 is 0 Å². The summed E-state index contributed by atoms with van der Waals surface area (Å²) in [5.41, 5.74) is -0.879. The van der Waals surface area contributed by atoms with Gasteiger partial charge in [0.1, 0.15) is 5.69 Å². The van der Waals surface area contributed by atoms with Crippen molar-refractivity contribution < 1.29 is 19.1 Å². The van der Waals surface area contributed by atoms with Crippen LogP contribution in [0.5, 0.6) is 5.75 Å². The van der Waals surface area contributed by atoms with Gasteiger partial charge in [0.05, 0.1) is 32.2 Å². The van der Waals surface area contributed by atoms with Crippen LogP contribution in [0.15, 0.2) is 17.1 Å². The second-order valence-electron chi connectivity index (χ2n) is 7.48. The van der Waals surface area contributed by atoms with E-state index in [0.29, 0.717) is 25.5 Å². The number of pyridine rings is 1. The number of carbonyl (C=O) groups is 2. The average Bonchev–Trinajstić information content (AvgIpc) is 3.23. The summed E-state index contributed by atoms with van der Waals surface area (Å²) < 4.78 is 11.1. The molecule has 3 fully saturated rings. The molecule has 0 aromatic carbocycles. The lowest BCUT2D eigenvalue weighted by atomic mass is 10.0. The van der Waals surface area contributed by atoms with Gasteiger partial charge in [0.25, 0.3) is 5.91 Å². The van der Waals surface area contributed by atoms with E-state index >= 15 is 0 Å². The van der Waals surface area contributed by atoms with Crippen LogP contribution in [0.25, 0.3) is 0 Å². The van der Waals surface area contributed by atoms with Gasteiger partial charge in [-0.2, -0.15) is 0 Å². The number of carbonyl (C=O) groups excluding carboxylic acids is 2. The fourth-order valence-corrected chi connectivity index (χ4v) is 4.51. The summed E-state index contributed by atoms with van der Waals surface area (Å²) in [5.74, 6) is 0.185. The molecule has 1 aromatic rings. The number of ether oxygens (including phenoxy) is 2. The quantitative estimate of drug-likeness (QED) is 0.850. The molecule has 3 saturated heterocycles. The summed E-state index contributed by atoms with van der Waals surface area (Å²) in [6.07, 6.45) is 2.24. The van der Waals surface area contributed by atoms with Crippen molar-refractivity contribution in [1.29, 1.82) is 0 Å². The minimum Gasteiger partial charge on any atom is -0.491 e. The number of nitrogens with zero attached hydrogens (tertiary/aromatic N) is 2. The number of nitrogens with one attached hydrogen (secondary N) is 1. The molecule has 1 spiro atoms. The van der Waals surface area contributed by atoms with E-state index in [-0.39, 0.29) is 47.2 Å². The van der Waals surface area contributed by atoms with Crippen LogP contribution in [-0.2, 0) is 9.53 Å². The Labute approximate surface area is 151 Å². The van der Waals surface area contributed by atoms with Crippen LogP contribution in [-0.4, -0.2) is 64.7 Å². The van der Waals surface area contributed by atoms with Crippen LogP contribution in [0, 0.1) is 5.92 Å². The number of amides is 2. The maximum atomic E-state index is 13.0. The van der Waals surface area contributed by atoms with Gasteiger partial charge in [0.15, 0.2) is 11.5 Å². The van der Waals surface area contributed by atoms with Gasteiger partial charge in [0.2, 0.25) is 11.3 Å². The molecule has 3 atom stereocenters. The molecule has 0 bridgehead atoms. The molecule has 8 nitrogen and oxygen atoms in total. The lowest BCUT2D eigenvalue weighted by Crippen LogP contribution is -2.51. The van der Waals surface area contributed by atoms with Gasteiger partial charge in [-0.25, -0.2) is 0 Å². The van der Waals surface area contributed by atoms with E-state index < -0.39 is 5.72 Å². The van der Waals surface area contributed by atoms with E-state index in [4.69, 9.17) is 9.47 Å². The van der Waals surface area contributed by atoms with Gasteiger partial charge < -0.3 is 24.3 Å². The summed E-state index contributed by atoms with van der Waals surface area (Å²) in [6, 6.07) is 0.966. The Bertz CT molecular complexity index is 819. The van der Waals surface area contributed by atoms with E-state index in [1.807, 2.05) is 4.90 Å². The van der Waals surface area contributed by atoms with Crippen LogP contribution < -0.4 is 10.2 Å². The molecule has 0 saturated carbocycles. The summed E-state index contributed by atoms with van der Waals surface area (Å²) in [5, 5.41) is 0. The number of likely N-dealkylation sites (tertiary alicyclic amines) is 1. The van der Waals surface area contributed by atoms with Gasteiger partial charge in [-0.3, -0.25) is 14.4 Å². The highest BCUT2D eigenvalue weighted by Gasteiger charge is 2.65. The molecular formula is C18H23N3O5. The third kappa shape index (κ3) is 2.21. The van der Waals surface area contributed by atoms with E-state index in [2.05, 4.69) is 18.8 Å². The first-order valence-corrected chi connectivity index (χ1v) is 8.93. The normalized spacial score (nSPS) is 30.1. The summed E-state index contributed by atoms with van der Waals surface area (Å²) in [4.78, 5) is 44.0. The van der Waals surface area contributed by atoms with Crippen LogP contribution in [0.3, 0.4) is 0 Å². The number of aromatic amines is 1. The number of hydrogen-bond donors (Lipinski definition) is 1. The zero-order valence-electron chi connectivity index (χ0n) is 15.2. The molecule has 0 aliphatic carbocycles. The molecule has 3 aliphatic rings. The van der Waals surface area contributed by atoms with Crippen molar-refractivity contribution >= 4 is 11.8 Å². The maximum absolute atomic E-state index is 13.0. The fraction of sp³-hybridized carbons (Fsp3) is 0.611. The van der Waals surface area contributed by atoms with Gasteiger partial charge in [-0.15, -0.1) is 0 Å². The van der Waals surface area contributed by atoms with Gasteiger partial charge >= 0.3 is 0 Å². The van der Waals surface area contributed by atoms with E-state index in [1.54, 1.807) is 4.90 Å². The molecule has 0 radical (unpaired) electrons. The van der Waals surface area contributed by atoms with Crippen molar-refractivity contribution in [2.75, 3.05) is 20.3 Å². The molecule has 8 heteroatoms. The monoisotopic (exact) mass is 361 g/mol. The Morgan fingerprint density at radius 1 is 1.42 bits per heavy atom. The zero-order chi connectivity index (χ0) is 18.6. The predicted molar refractivity (Wildman–Crippen MR) is 91.8 cm³/mol. The molecule has 140 valence electrons. The first kappa shape index (κ1) is 17.1. The lowest BCUT2D eigenvalue weighted by molar-refractivity contribution is -0.139. The largest absolute Gasteiger partial charge is 0.491 e. The summed E-state index contributed by atoms with van der Waals surface area (Å²) >= 11 is 0. The Kier molecular flexibility index (Phi) is 3.83. The lowest BCUT2D eigenvalue weighted by Gasteiger charge is -2.34. The Morgan fingerprint density at radius 3 is 2.85 bits per heavy atom. The number of H-pyrrole nitrogens is 1. The Balaban J connectivity index is 1.63. The topological polar surface area (TPSA) is 91.9 Å². The third-order valence-corrected chi connectivity index (χ3v) is 5.85. The number of rotatable bonds is 3. The van der Waals surface area contributed by atoms with E-state index in [0.717, 1.165) is 0 Å². The molecule has 26 heavy (non-hydrogen) atoms. The highest BCUT2D eigenvalue weighted by atomic mass is 16.5. The van der Waals surface area contributed by atoms with Crippen molar-refractivity contribution in [3.63, 3.8) is 0 Å². The van der Waals surface area contributed by atoms with Crippen LogP contribution in [0.2, 0.25) is 0 Å². The number of methoxy groups -OCH3 is 1. The molecule has 1 N–H and O–H groups in total. The first-order chi connectivity index (χ1) is 12.4. The predicted octanol–water partition coefficient (Wildman–Crippen LogP) is 0.581. The van der Waals surface area contributed by atoms with E-state index in [9.17, 15) is 14.4 Å². The second-order valence-corrected chi connectivity index (χ2v) is 7.48. The van der Waals surface area contributed by atoms with Crippen molar-refractivity contribution in [2.24, 2.45) is 5.92 Å². The number of aromatic nitrogens is 1. The Morgan fingerprint density at radius 2 is 2.19 bits per heavy atom. The van der Waals surface area contributed by atoms with Crippen LogP contribution in [0.1, 0.15) is 37.2 Å². The first-order valence-electron chi connectivity index (χ1n) is 8.93. The molecule has 4 heterocycles. The fourth-order valence-electron chi connectivity index (χ4n) is 4.51. The number of hydrogen-bond acceptors (Lipinski definition) is 5. The SMILES string of the molecule is COc1c[nH]c(C(=O)N2CC[C@@]34OC[C@@H](C(C)C)N3C(=O)C[C@@H]24)cc1=O. The Hall–Kier alpha value is -2.35. The average molecular weight is 361 g/mol. The molecule has 3 aliphatic heterocycles. The third-order valence-electron chi connectivity index (χ3n) is 5.85. The molecular weight excluding hydrogens is 338 g/mol.